The van der Waals surface area contributed by atoms with Gasteiger partial charge < -0.3 is 0 Å². The smallest absolute Gasteiger partial charge is 0.242 e. The maximum atomic E-state index is 13.4. The van der Waals surface area contributed by atoms with E-state index in [2.05, 4.69) is 0 Å². The summed E-state index contributed by atoms with van der Waals surface area (Å²) in [4.78, 5) is 26.4. The van der Waals surface area contributed by atoms with Crippen molar-refractivity contribution in [3.8, 4) is 0 Å². The van der Waals surface area contributed by atoms with Gasteiger partial charge in [-0.2, -0.15) is 0 Å². The highest BCUT2D eigenvalue weighted by Gasteiger charge is 2.43. The lowest BCUT2D eigenvalue weighted by Crippen LogP contribution is -2.48. The van der Waals surface area contributed by atoms with E-state index in [9.17, 15) is 9.59 Å². The Labute approximate surface area is 180 Å². The minimum absolute atomic E-state index is 0.0359. The number of carbonyl (C=O) groups is 2. The van der Waals surface area contributed by atoms with Crippen LogP contribution in [0.2, 0.25) is 10.0 Å². The normalized spacial score (nSPS) is 22.3. The lowest BCUT2D eigenvalue weighted by molar-refractivity contribution is -0.143. The van der Waals surface area contributed by atoms with Crippen LogP contribution in [0.5, 0.6) is 0 Å². The fraction of sp³-hybridized carbons (Fsp3) is 0.304. The summed E-state index contributed by atoms with van der Waals surface area (Å²) in [6.45, 7) is 0. The van der Waals surface area contributed by atoms with E-state index in [4.69, 9.17) is 23.2 Å². The number of benzene rings is 2. The van der Waals surface area contributed by atoms with Crippen LogP contribution in [0.4, 0.5) is 0 Å². The van der Waals surface area contributed by atoms with Crippen LogP contribution in [0, 0.1) is 0 Å². The van der Waals surface area contributed by atoms with Crippen LogP contribution in [0.25, 0.3) is 0 Å². The number of hydrazine groups is 1. The largest absolute Gasteiger partial charge is 0.294 e. The van der Waals surface area contributed by atoms with E-state index < -0.39 is 0 Å². The third-order valence-corrected chi connectivity index (χ3v) is 6.27. The molecule has 0 unspecified atom stereocenters. The molecule has 2 aromatic rings. The van der Waals surface area contributed by atoms with E-state index in [1.807, 2.05) is 50.5 Å². The molecule has 0 fully saturated rings. The quantitative estimate of drug-likeness (QED) is 0.675. The molecular weight excluding hydrogens is 407 g/mol. The van der Waals surface area contributed by atoms with Gasteiger partial charge >= 0.3 is 0 Å². The van der Waals surface area contributed by atoms with Crippen molar-refractivity contribution in [3.63, 3.8) is 0 Å². The van der Waals surface area contributed by atoms with Crippen LogP contribution >= 0.6 is 23.2 Å². The molecular formula is C23H22Cl2N2O2. The molecule has 4 rings (SSSR count). The number of nitrogens with zero attached hydrogens (tertiary/aromatic N) is 2. The van der Waals surface area contributed by atoms with Crippen molar-refractivity contribution in [3.05, 3.63) is 81.0 Å². The van der Waals surface area contributed by atoms with E-state index in [1.54, 1.807) is 22.2 Å². The Bertz CT molecular complexity index is 1000. The van der Waals surface area contributed by atoms with Crippen LogP contribution in [0.1, 0.15) is 42.2 Å². The van der Waals surface area contributed by atoms with Crippen LogP contribution in [0.3, 0.4) is 0 Å². The first-order valence-corrected chi connectivity index (χ1v) is 10.4. The first-order chi connectivity index (χ1) is 13.9. The van der Waals surface area contributed by atoms with Gasteiger partial charge in [-0.15, -0.1) is 0 Å². The Balaban J connectivity index is 1.83. The zero-order chi connectivity index (χ0) is 20.7. The molecule has 1 amide bonds. The van der Waals surface area contributed by atoms with Crippen molar-refractivity contribution in [1.29, 1.82) is 0 Å². The standard InChI is InChI=1S/C23H22Cl2N2O2/c1-26(2)27-20-10-15(14-6-4-3-5-7-14)11-21(28)23(20)18(13-22(27)29)17-9-8-16(24)12-19(17)25/h3-9,12,15,18H,10-11,13H2,1-2H3/t15-,18+/m0/s1. The number of allylic oxidation sites excluding steroid dienone is 2. The van der Waals surface area contributed by atoms with Crippen LogP contribution in [-0.4, -0.2) is 35.8 Å². The second-order valence-corrected chi connectivity index (χ2v) is 8.62. The fourth-order valence-corrected chi connectivity index (χ4v) is 5.04. The maximum absolute atomic E-state index is 13.4. The van der Waals surface area contributed by atoms with Gasteiger partial charge in [-0.05, 0) is 35.6 Å². The van der Waals surface area contributed by atoms with E-state index in [0.717, 1.165) is 16.8 Å². The number of rotatable bonds is 3. The zero-order valence-corrected chi connectivity index (χ0v) is 17.9. The summed E-state index contributed by atoms with van der Waals surface area (Å²) in [5.74, 6) is -0.249. The number of Topliss-reactive ketones (excluding diaryl/α,β-unsaturated/α-hetero) is 1. The molecule has 150 valence electrons. The number of halogens is 2. The predicted octanol–water partition coefficient (Wildman–Crippen LogP) is 5.19. The highest BCUT2D eigenvalue weighted by Crippen LogP contribution is 2.47. The summed E-state index contributed by atoms with van der Waals surface area (Å²) >= 11 is 12.5. The minimum atomic E-state index is -0.345. The molecule has 6 heteroatoms. The molecule has 0 saturated carbocycles. The third kappa shape index (κ3) is 3.73. The van der Waals surface area contributed by atoms with Crippen molar-refractivity contribution < 1.29 is 9.59 Å². The monoisotopic (exact) mass is 428 g/mol. The van der Waals surface area contributed by atoms with Crippen molar-refractivity contribution in [2.75, 3.05) is 14.1 Å². The van der Waals surface area contributed by atoms with E-state index >= 15 is 0 Å². The van der Waals surface area contributed by atoms with Gasteiger partial charge in [-0.25, -0.2) is 10.0 Å². The number of hydrogen-bond acceptors (Lipinski definition) is 3. The summed E-state index contributed by atoms with van der Waals surface area (Å²) in [6, 6.07) is 15.3. The lowest BCUT2D eigenvalue weighted by atomic mass is 9.73. The molecule has 29 heavy (non-hydrogen) atoms. The highest BCUT2D eigenvalue weighted by atomic mass is 35.5. The summed E-state index contributed by atoms with van der Waals surface area (Å²) in [5, 5.41) is 4.43. The first kappa shape index (κ1) is 20.1. The molecule has 0 spiro atoms. The molecule has 0 bridgehead atoms. The van der Waals surface area contributed by atoms with Crippen LogP contribution < -0.4 is 0 Å². The molecule has 0 saturated heterocycles. The van der Waals surface area contributed by atoms with Gasteiger partial charge in [0.15, 0.2) is 5.78 Å². The average Bonchev–Trinajstić information content (AvgIpc) is 2.67. The van der Waals surface area contributed by atoms with Crippen LogP contribution in [-0.2, 0) is 9.59 Å². The van der Waals surface area contributed by atoms with Gasteiger partial charge in [0.05, 0.1) is 0 Å². The zero-order valence-electron chi connectivity index (χ0n) is 16.4. The Morgan fingerprint density at radius 2 is 1.69 bits per heavy atom. The first-order valence-electron chi connectivity index (χ1n) is 9.63. The Kier molecular flexibility index (Phi) is 5.52. The summed E-state index contributed by atoms with van der Waals surface area (Å²) < 4.78 is 0. The van der Waals surface area contributed by atoms with Crippen LogP contribution in [0.15, 0.2) is 59.8 Å². The molecule has 0 aromatic heterocycles. The fourth-order valence-electron chi connectivity index (χ4n) is 4.49. The molecule has 4 nitrogen and oxygen atoms in total. The molecule has 1 heterocycles. The van der Waals surface area contributed by atoms with E-state index in [0.29, 0.717) is 28.5 Å². The summed E-state index contributed by atoms with van der Waals surface area (Å²) in [7, 11) is 3.66. The van der Waals surface area contributed by atoms with Gasteiger partial charge in [-0.3, -0.25) is 9.59 Å². The second kappa shape index (κ2) is 7.94. The topological polar surface area (TPSA) is 40.6 Å². The predicted molar refractivity (Wildman–Crippen MR) is 115 cm³/mol. The second-order valence-electron chi connectivity index (χ2n) is 7.77. The summed E-state index contributed by atoms with van der Waals surface area (Å²) in [6.07, 6.45) is 1.27. The highest BCUT2D eigenvalue weighted by molar-refractivity contribution is 6.35. The van der Waals surface area contributed by atoms with Crippen molar-refractivity contribution in [2.24, 2.45) is 0 Å². The van der Waals surface area contributed by atoms with E-state index in [-0.39, 0.29) is 29.9 Å². The molecule has 0 radical (unpaired) electrons. The van der Waals surface area contributed by atoms with Gasteiger partial charge in [0.2, 0.25) is 5.91 Å². The molecule has 0 N–H and O–H groups in total. The molecule has 1 aliphatic carbocycles. The Morgan fingerprint density at radius 1 is 0.966 bits per heavy atom. The number of hydrogen-bond donors (Lipinski definition) is 0. The Hall–Kier alpha value is -2.14. The van der Waals surface area contributed by atoms with Crippen molar-refractivity contribution in [1.82, 2.24) is 10.0 Å². The molecule has 2 atom stereocenters. The molecule has 2 aromatic carbocycles. The number of ketones is 1. The van der Waals surface area contributed by atoms with Gasteiger partial charge in [0, 0.05) is 54.2 Å². The van der Waals surface area contributed by atoms with Gasteiger partial charge in [0.25, 0.3) is 0 Å². The average molecular weight is 429 g/mol. The van der Waals surface area contributed by atoms with E-state index in [1.165, 1.54) is 0 Å². The van der Waals surface area contributed by atoms with Crippen molar-refractivity contribution in [2.45, 2.75) is 31.1 Å². The summed E-state index contributed by atoms with van der Waals surface area (Å²) in [5.41, 5.74) is 3.38. The number of amides is 1. The Morgan fingerprint density at radius 3 is 2.34 bits per heavy atom. The third-order valence-electron chi connectivity index (χ3n) is 5.71. The maximum Gasteiger partial charge on any atom is 0.242 e. The minimum Gasteiger partial charge on any atom is -0.294 e. The van der Waals surface area contributed by atoms with Gasteiger partial charge in [-0.1, -0.05) is 59.6 Å². The number of carbonyl (C=O) groups excluding carboxylic acids is 2. The lowest BCUT2D eigenvalue weighted by Gasteiger charge is -2.42. The van der Waals surface area contributed by atoms with Gasteiger partial charge in [0.1, 0.15) is 0 Å². The van der Waals surface area contributed by atoms with Crippen molar-refractivity contribution >= 4 is 34.9 Å². The molecule has 1 aliphatic heterocycles. The molecule has 2 aliphatic rings. The SMILES string of the molecule is CN(C)N1C(=O)C[C@H](c2ccc(Cl)cc2Cl)C2=C1C[C@H](c1ccccc1)CC2=O.